The number of halogens is 3. The van der Waals surface area contributed by atoms with Crippen LogP contribution in [0.5, 0.6) is 5.75 Å². The molecule has 0 radical (unpaired) electrons. The van der Waals surface area contributed by atoms with Gasteiger partial charge in [0, 0.05) is 5.56 Å². The third-order valence-corrected chi connectivity index (χ3v) is 2.64. The fraction of sp³-hybridized carbons (Fsp3) is 0.300. The van der Waals surface area contributed by atoms with Crippen LogP contribution >= 0.6 is 0 Å². The molecular weight excluding hydrogens is 289 g/mol. The molecule has 1 aromatic carbocycles. The topological polar surface area (TPSA) is 83.5 Å². The summed E-state index contributed by atoms with van der Waals surface area (Å²) in [6.07, 6.45) is -4.96. The number of benzene rings is 1. The lowest BCUT2D eigenvalue weighted by molar-refractivity contribution is -0.0885. The highest BCUT2D eigenvalue weighted by atomic mass is 32.2. The van der Waals surface area contributed by atoms with Crippen molar-refractivity contribution in [2.24, 2.45) is 0 Å². The summed E-state index contributed by atoms with van der Waals surface area (Å²) in [5.74, 6) is -2.68. The Morgan fingerprint density at radius 1 is 1.21 bits per heavy atom. The normalized spacial score (nSPS) is 12.2. The second-order valence-electron chi connectivity index (χ2n) is 3.46. The lowest BCUT2D eigenvalue weighted by Gasteiger charge is -2.09. The first-order chi connectivity index (χ1) is 8.59. The van der Waals surface area contributed by atoms with Crippen molar-refractivity contribution in [3.63, 3.8) is 0 Å². The third-order valence-electron chi connectivity index (χ3n) is 1.98. The van der Waals surface area contributed by atoms with Gasteiger partial charge in [0.1, 0.15) is 12.4 Å². The zero-order valence-electron chi connectivity index (χ0n) is 9.31. The van der Waals surface area contributed by atoms with Crippen LogP contribution in [0.15, 0.2) is 24.3 Å². The molecule has 0 aliphatic rings. The Balaban J connectivity index is 2.65. The van der Waals surface area contributed by atoms with Crippen LogP contribution in [0, 0.1) is 0 Å². The molecule has 1 rings (SSSR count). The Bertz CT molecular complexity index is 548. The monoisotopic (exact) mass is 297 g/mol. The molecule has 0 N–H and O–H groups in total. The standard InChI is InChI=1S/C10H9F3O5S/c11-10(12,13)9(14)7-1-3-8(4-2-7)18-5-6-19(15,16)17/h1-4H,5-6H2,(H,15,16,17)/p-1. The summed E-state index contributed by atoms with van der Waals surface area (Å²) in [4.78, 5) is 10.8. The summed E-state index contributed by atoms with van der Waals surface area (Å²) in [5, 5.41) is 0. The van der Waals surface area contributed by atoms with E-state index < -0.39 is 40.0 Å². The average Bonchev–Trinajstić information content (AvgIpc) is 2.26. The Hall–Kier alpha value is -1.61. The molecule has 0 atom stereocenters. The van der Waals surface area contributed by atoms with Crippen molar-refractivity contribution in [3.05, 3.63) is 29.8 Å². The number of carbonyl (C=O) groups is 1. The first kappa shape index (κ1) is 15.4. The number of carbonyl (C=O) groups excluding carboxylic acids is 1. The molecule has 0 saturated carbocycles. The third kappa shape index (κ3) is 5.26. The largest absolute Gasteiger partial charge is 0.748 e. The van der Waals surface area contributed by atoms with E-state index in [1.807, 2.05) is 0 Å². The molecule has 1 aromatic rings. The molecule has 19 heavy (non-hydrogen) atoms. The van der Waals surface area contributed by atoms with E-state index in [2.05, 4.69) is 0 Å². The van der Waals surface area contributed by atoms with Gasteiger partial charge in [-0.3, -0.25) is 4.79 Å². The summed E-state index contributed by atoms with van der Waals surface area (Å²) in [5.41, 5.74) is -0.559. The highest BCUT2D eigenvalue weighted by molar-refractivity contribution is 7.85. The summed E-state index contributed by atoms with van der Waals surface area (Å²) in [6.45, 7) is -0.418. The lowest BCUT2D eigenvalue weighted by Crippen LogP contribution is -2.22. The van der Waals surface area contributed by atoms with Gasteiger partial charge in [-0.25, -0.2) is 8.42 Å². The lowest BCUT2D eigenvalue weighted by atomic mass is 10.1. The number of ketones is 1. The summed E-state index contributed by atoms with van der Waals surface area (Å²) < 4.78 is 71.9. The van der Waals surface area contributed by atoms with E-state index in [-0.39, 0.29) is 5.75 Å². The fourth-order valence-electron chi connectivity index (χ4n) is 1.13. The van der Waals surface area contributed by atoms with Crippen molar-refractivity contribution in [1.82, 2.24) is 0 Å². The Morgan fingerprint density at radius 3 is 2.16 bits per heavy atom. The summed E-state index contributed by atoms with van der Waals surface area (Å²) in [6, 6.07) is 3.96. The predicted molar refractivity (Wildman–Crippen MR) is 56.9 cm³/mol. The van der Waals surface area contributed by atoms with Crippen LogP contribution in [0.2, 0.25) is 0 Å². The van der Waals surface area contributed by atoms with Gasteiger partial charge >= 0.3 is 6.18 Å². The fourth-order valence-corrected chi connectivity index (χ4v) is 1.42. The Kier molecular flexibility index (Phi) is 4.53. The number of hydrogen-bond donors (Lipinski definition) is 0. The number of Topliss-reactive ketones (excluding diaryl/α,β-unsaturated/α-hetero) is 1. The van der Waals surface area contributed by atoms with Crippen LogP contribution < -0.4 is 4.74 Å². The molecule has 5 nitrogen and oxygen atoms in total. The molecule has 0 spiro atoms. The van der Waals surface area contributed by atoms with Crippen molar-refractivity contribution < 1.29 is 35.7 Å². The second-order valence-corrected chi connectivity index (χ2v) is 4.99. The highest BCUT2D eigenvalue weighted by Crippen LogP contribution is 2.22. The van der Waals surface area contributed by atoms with Crippen LogP contribution in [-0.2, 0) is 10.1 Å². The van der Waals surface area contributed by atoms with E-state index in [1.54, 1.807) is 0 Å². The van der Waals surface area contributed by atoms with Crippen molar-refractivity contribution >= 4 is 15.9 Å². The quantitative estimate of drug-likeness (QED) is 0.605. The minimum atomic E-state index is -4.96. The zero-order valence-corrected chi connectivity index (χ0v) is 10.1. The Labute approximate surface area is 106 Å². The van der Waals surface area contributed by atoms with E-state index >= 15 is 0 Å². The van der Waals surface area contributed by atoms with Crippen LogP contribution in [0.3, 0.4) is 0 Å². The van der Waals surface area contributed by atoms with E-state index in [1.165, 1.54) is 0 Å². The maximum absolute atomic E-state index is 12.1. The van der Waals surface area contributed by atoms with E-state index in [9.17, 15) is 30.9 Å². The molecule has 0 fully saturated rings. The number of ether oxygens (including phenoxy) is 1. The second kappa shape index (κ2) is 5.57. The van der Waals surface area contributed by atoms with Crippen LogP contribution in [0.1, 0.15) is 10.4 Å². The number of rotatable bonds is 5. The zero-order chi connectivity index (χ0) is 14.7. The molecule has 0 bridgehead atoms. The van der Waals surface area contributed by atoms with Crippen molar-refractivity contribution in [2.45, 2.75) is 6.18 Å². The first-order valence-corrected chi connectivity index (χ1v) is 6.45. The summed E-state index contributed by atoms with van der Waals surface area (Å²) in [7, 11) is -4.41. The molecule has 0 unspecified atom stereocenters. The van der Waals surface area contributed by atoms with Gasteiger partial charge in [0.05, 0.1) is 15.9 Å². The van der Waals surface area contributed by atoms with E-state index in [4.69, 9.17) is 4.74 Å². The van der Waals surface area contributed by atoms with Gasteiger partial charge in [-0.15, -0.1) is 0 Å². The maximum Gasteiger partial charge on any atom is 0.454 e. The van der Waals surface area contributed by atoms with Gasteiger partial charge in [0.2, 0.25) is 0 Å². The first-order valence-electron chi connectivity index (χ1n) is 4.87. The van der Waals surface area contributed by atoms with Crippen molar-refractivity contribution in [1.29, 1.82) is 0 Å². The SMILES string of the molecule is O=C(c1ccc(OCCS(=O)(=O)[O-])cc1)C(F)(F)F. The van der Waals surface area contributed by atoms with Crippen LogP contribution in [0.25, 0.3) is 0 Å². The Morgan fingerprint density at radius 2 is 1.74 bits per heavy atom. The van der Waals surface area contributed by atoms with Gasteiger partial charge < -0.3 is 9.29 Å². The molecular formula is C10H8F3O5S-. The molecule has 0 heterocycles. The van der Waals surface area contributed by atoms with Crippen LogP contribution in [-0.4, -0.2) is 37.3 Å². The number of hydrogen-bond acceptors (Lipinski definition) is 5. The maximum atomic E-state index is 12.1. The molecule has 0 saturated heterocycles. The smallest absolute Gasteiger partial charge is 0.454 e. The molecule has 0 aromatic heterocycles. The predicted octanol–water partition coefficient (Wildman–Crippen LogP) is 1.36. The van der Waals surface area contributed by atoms with E-state index in [0.717, 1.165) is 24.3 Å². The minimum absolute atomic E-state index is 0.0578. The van der Waals surface area contributed by atoms with Gasteiger partial charge in [-0.05, 0) is 24.3 Å². The molecule has 9 heteroatoms. The minimum Gasteiger partial charge on any atom is -0.748 e. The van der Waals surface area contributed by atoms with Gasteiger partial charge in [0.15, 0.2) is 0 Å². The summed E-state index contributed by atoms with van der Waals surface area (Å²) >= 11 is 0. The molecule has 0 aliphatic carbocycles. The van der Waals surface area contributed by atoms with Crippen molar-refractivity contribution in [3.8, 4) is 5.75 Å². The van der Waals surface area contributed by atoms with Gasteiger partial charge in [0.25, 0.3) is 5.78 Å². The van der Waals surface area contributed by atoms with E-state index in [0.29, 0.717) is 0 Å². The van der Waals surface area contributed by atoms with Crippen molar-refractivity contribution in [2.75, 3.05) is 12.4 Å². The average molecular weight is 297 g/mol. The molecule has 0 amide bonds. The van der Waals surface area contributed by atoms with Gasteiger partial charge in [-0.2, -0.15) is 13.2 Å². The highest BCUT2D eigenvalue weighted by Gasteiger charge is 2.39. The van der Waals surface area contributed by atoms with Crippen LogP contribution in [0.4, 0.5) is 13.2 Å². The number of alkyl halides is 3. The van der Waals surface area contributed by atoms with Gasteiger partial charge in [-0.1, -0.05) is 0 Å². The molecule has 106 valence electrons. The molecule has 0 aliphatic heterocycles.